The number of allylic oxidation sites excluding steroid dienone is 1. The van der Waals surface area contributed by atoms with Crippen LogP contribution in [0.2, 0.25) is 0 Å². The fourth-order valence-corrected chi connectivity index (χ4v) is 1.80. The van der Waals surface area contributed by atoms with E-state index in [1.807, 2.05) is 0 Å². The number of esters is 1. The Morgan fingerprint density at radius 2 is 1.85 bits per heavy atom. The first-order chi connectivity index (χ1) is 9.76. The van der Waals surface area contributed by atoms with Gasteiger partial charge in [0.15, 0.2) is 0 Å². The number of benzene rings is 1. The number of pyridine rings is 1. The van der Waals surface area contributed by atoms with E-state index < -0.39 is 5.97 Å². The molecule has 0 spiro atoms. The Kier molecular flexibility index (Phi) is 4.25. The van der Waals surface area contributed by atoms with Gasteiger partial charge in [-0.2, -0.15) is 5.26 Å². The second kappa shape index (κ2) is 6.30. The highest BCUT2D eigenvalue weighted by Crippen LogP contribution is 2.22. The molecule has 4 heteroatoms. The Bertz CT molecular complexity index is 685. The number of carbonyl (C=O) groups excluding carboxylic acids is 1. The SMILES string of the molecule is COC(=O)c1ccccc1C(C#N)=Cc1ccncc1. The van der Waals surface area contributed by atoms with Crippen LogP contribution in [-0.2, 0) is 4.74 Å². The fourth-order valence-electron chi connectivity index (χ4n) is 1.80. The van der Waals surface area contributed by atoms with Crippen LogP contribution < -0.4 is 0 Å². The molecular formula is C16H12N2O2. The standard InChI is InChI=1S/C16H12N2O2/c1-20-16(19)15-5-3-2-4-14(15)13(11-17)10-12-6-8-18-9-7-12/h2-10H,1H3. The molecule has 0 saturated heterocycles. The molecule has 0 N–H and O–H groups in total. The van der Waals surface area contributed by atoms with Crippen molar-refractivity contribution in [3.63, 3.8) is 0 Å². The van der Waals surface area contributed by atoms with Crippen LogP contribution in [0.4, 0.5) is 0 Å². The minimum atomic E-state index is -0.462. The summed E-state index contributed by atoms with van der Waals surface area (Å²) in [5.74, 6) is -0.462. The van der Waals surface area contributed by atoms with E-state index in [9.17, 15) is 10.1 Å². The van der Waals surface area contributed by atoms with Crippen molar-refractivity contribution in [1.82, 2.24) is 4.98 Å². The van der Waals surface area contributed by atoms with Crippen LogP contribution in [0.3, 0.4) is 0 Å². The fraction of sp³-hybridized carbons (Fsp3) is 0.0625. The molecule has 1 aromatic carbocycles. The summed E-state index contributed by atoms with van der Waals surface area (Å²) in [5.41, 5.74) is 2.17. The van der Waals surface area contributed by atoms with E-state index >= 15 is 0 Å². The van der Waals surface area contributed by atoms with Gasteiger partial charge in [-0.3, -0.25) is 4.98 Å². The Morgan fingerprint density at radius 1 is 1.20 bits per heavy atom. The maximum atomic E-state index is 11.7. The predicted octanol–water partition coefficient (Wildman–Crippen LogP) is 2.93. The van der Waals surface area contributed by atoms with Crippen LogP contribution in [0.15, 0.2) is 48.8 Å². The summed E-state index contributed by atoms with van der Waals surface area (Å²) >= 11 is 0. The molecule has 0 aliphatic rings. The smallest absolute Gasteiger partial charge is 0.338 e. The third-order valence-corrected chi connectivity index (χ3v) is 2.76. The molecule has 0 aliphatic carbocycles. The zero-order valence-corrected chi connectivity index (χ0v) is 10.9. The van der Waals surface area contributed by atoms with Crippen LogP contribution in [-0.4, -0.2) is 18.1 Å². The lowest BCUT2D eigenvalue weighted by atomic mass is 9.99. The molecule has 0 bridgehead atoms. The molecule has 4 nitrogen and oxygen atoms in total. The molecule has 0 aliphatic heterocycles. The second-order valence-corrected chi connectivity index (χ2v) is 3.99. The lowest BCUT2D eigenvalue weighted by molar-refractivity contribution is 0.0600. The number of nitriles is 1. The summed E-state index contributed by atoms with van der Waals surface area (Å²) in [7, 11) is 1.32. The maximum Gasteiger partial charge on any atom is 0.338 e. The number of ether oxygens (including phenoxy) is 1. The van der Waals surface area contributed by atoms with Crippen LogP contribution in [0.25, 0.3) is 11.6 Å². The lowest BCUT2D eigenvalue weighted by Crippen LogP contribution is -2.04. The first-order valence-electron chi connectivity index (χ1n) is 5.96. The summed E-state index contributed by atoms with van der Waals surface area (Å²) in [6.45, 7) is 0. The zero-order chi connectivity index (χ0) is 14.4. The van der Waals surface area contributed by atoms with Crippen LogP contribution >= 0.6 is 0 Å². The first kappa shape index (κ1) is 13.5. The van der Waals surface area contributed by atoms with Crippen LogP contribution in [0, 0.1) is 11.3 Å². The van der Waals surface area contributed by atoms with Crippen molar-refractivity contribution in [3.8, 4) is 6.07 Å². The molecule has 0 atom stereocenters. The number of hydrogen-bond donors (Lipinski definition) is 0. The van der Waals surface area contributed by atoms with Gasteiger partial charge in [0.05, 0.1) is 24.3 Å². The van der Waals surface area contributed by atoms with Gasteiger partial charge in [-0.1, -0.05) is 18.2 Å². The van der Waals surface area contributed by atoms with Gasteiger partial charge in [0.1, 0.15) is 0 Å². The Hall–Kier alpha value is -2.93. The van der Waals surface area contributed by atoms with Crippen molar-refractivity contribution in [2.45, 2.75) is 0 Å². The Morgan fingerprint density at radius 3 is 2.45 bits per heavy atom. The molecule has 0 unspecified atom stereocenters. The molecule has 0 saturated carbocycles. The van der Waals surface area contributed by atoms with Crippen molar-refractivity contribution in [2.24, 2.45) is 0 Å². The third kappa shape index (κ3) is 2.90. The number of carbonyl (C=O) groups is 1. The van der Waals surface area contributed by atoms with E-state index in [1.54, 1.807) is 54.9 Å². The summed E-state index contributed by atoms with van der Waals surface area (Å²) in [5, 5.41) is 9.33. The van der Waals surface area contributed by atoms with Gasteiger partial charge in [-0.25, -0.2) is 4.79 Å². The van der Waals surface area contributed by atoms with Crippen molar-refractivity contribution in [1.29, 1.82) is 5.26 Å². The highest BCUT2D eigenvalue weighted by molar-refractivity contribution is 6.00. The summed E-state index contributed by atoms with van der Waals surface area (Å²) in [4.78, 5) is 15.7. The molecule has 0 radical (unpaired) electrons. The van der Waals surface area contributed by atoms with Crippen molar-refractivity contribution >= 4 is 17.6 Å². The van der Waals surface area contributed by atoms with Crippen molar-refractivity contribution < 1.29 is 9.53 Å². The van der Waals surface area contributed by atoms with Gasteiger partial charge >= 0.3 is 5.97 Å². The quantitative estimate of drug-likeness (QED) is 0.631. The van der Waals surface area contributed by atoms with Crippen LogP contribution in [0.1, 0.15) is 21.5 Å². The van der Waals surface area contributed by atoms with Crippen molar-refractivity contribution in [2.75, 3.05) is 7.11 Å². The van der Waals surface area contributed by atoms with E-state index in [4.69, 9.17) is 4.74 Å². The van der Waals surface area contributed by atoms with Gasteiger partial charge in [0.25, 0.3) is 0 Å². The van der Waals surface area contributed by atoms with E-state index in [1.165, 1.54) is 7.11 Å². The second-order valence-electron chi connectivity index (χ2n) is 3.99. The largest absolute Gasteiger partial charge is 0.465 e. The molecular weight excluding hydrogens is 252 g/mol. The molecule has 1 aromatic heterocycles. The molecule has 98 valence electrons. The predicted molar refractivity (Wildman–Crippen MR) is 75.5 cm³/mol. The summed E-state index contributed by atoms with van der Waals surface area (Å²) < 4.78 is 4.74. The Labute approximate surface area is 117 Å². The number of nitrogens with zero attached hydrogens (tertiary/aromatic N) is 2. The lowest BCUT2D eigenvalue weighted by Gasteiger charge is -2.06. The van der Waals surface area contributed by atoms with E-state index in [0.717, 1.165) is 5.56 Å². The van der Waals surface area contributed by atoms with Crippen molar-refractivity contribution in [3.05, 3.63) is 65.5 Å². The number of hydrogen-bond acceptors (Lipinski definition) is 4. The van der Waals surface area contributed by atoms with Gasteiger partial charge in [0.2, 0.25) is 0 Å². The van der Waals surface area contributed by atoms with Gasteiger partial charge in [-0.05, 0) is 29.8 Å². The highest BCUT2D eigenvalue weighted by atomic mass is 16.5. The summed E-state index contributed by atoms with van der Waals surface area (Å²) in [6, 6.07) is 12.6. The molecule has 1 heterocycles. The van der Waals surface area contributed by atoms with E-state index in [2.05, 4.69) is 11.1 Å². The third-order valence-electron chi connectivity index (χ3n) is 2.76. The van der Waals surface area contributed by atoms with Gasteiger partial charge in [-0.15, -0.1) is 0 Å². The topological polar surface area (TPSA) is 63.0 Å². The monoisotopic (exact) mass is 264 g/mol. The molecule has 0 fully saturated rings. The normalized spacial score (nSPS) is 10.7. The first-order valence-corrected chi connectivity index (χ1v) is 5.96. The molecule has 2 aromatic rings. The van der Waals surface area contributed by atoms with Gasteiger partial charge in [0, 0.05) is 18.0 Å². The number of rotatable bonds is 3. The molecule has 20 heavy (non-hydrogen) atoms. The average Bonchev–Trinajstić information content (AvgIpc) is 2.53. The highest BCUT2D eigenvalue weighted by Gasteiger charge is 2.14. The average molecular weight is 264 g/mol. The summed E-state index contributed by atoms with van der Waals surface area (Å²) in [6.07, 6.45) is 5.00. The van der Waals surface area contributed by atoms with Crippen LogP contribution in [0.5, 0.6) is 0 Å². The van der Waals surface area contributed by atoms with E-state index in [0.29, 0.717) is 16.7 Å². The number of aromatic nitrogens is 1. The number of methoxy groups -OCH3 is 1. The minimum absolute atomic E-state index is 0.372. The van der Waals surface area contributed by atoms with E-state index in [-0.39, 0.29) is 0 Å². The minimum Gasteiger partial charge on any atom is -0.465 e. The van der Waals surface area contributed by atoms with Gasteiger partial charge < -0.3 is 4.74 Å². The molecule has 0 amide bonds. The maximum absolute atomic E-state index is 11.7. The zero-order valence-electron chi connectivity index (χ0n) is 10.9. The Balaban J connectivity index is 2.51. The molecule has 2 rings (SSSR count).